The molecule has 2 aromatic heterocycles. The molecule has 0 atom stereocenters. The van der Waals surface area contributed by atoms with Crippen molar-refractivity contribution >= 4 is 22.8 Å². The molecule has 0 bridgehead atoms. The van der Waals surface area contributed by atoms with E-state index in [4.69, 9.17) is 9.15 Å². The van der Waals surface area contributed by atoms with Crippen molar-refractivity contribution in [2.45, 2.75) is 44.6 Å². The first-order valence-electron chi connectivity index (χ1n) is 11.4. The number of aromatic nitrogens is 1. The second-order valence-corrected chi connectivity index (χ2v) is 8.73. The Hall–Kier alpha value is -3.06. The highest BCUT2D eigenvalue weighted by Gasteiger charge is 2.29. The van der Waals surface area contributed by atoms with Crippen LogP contribution in [0.1, 0.15) is 53.9 Å². The first-order valence-corrected chi connectivity index (χ1v) is 11.4. The number of carboxylic acid groups (broad SMARTS) is 1. The Bertz CT molecular complexity index is 1120. The number of morpholine rings is 1. The third-order valence-corrected chi connectivity index (χ3v) is 6.82. The molecule has 1 amide bonds. The Balaban J connectivity index is 1.69. The van der Waals surface area contributed by atoms with Crippen LogP contribution in [0.3, 0.4) is 0 Å². The molecule has 2 fully saturated rings. The fourth-order valence-corrected chi connectivity index (χ4v) is 5.24. The number of furan rings is 1. The molecule has 0 radical (unpaired) electrons. The maximum atomic E-state index is 13.2. The Kier molecular flexibility index (Phi) is 5.74. The van der Waals surface area contributed by atoms with E-state index in [9.17, 15) is 14.7 Å². The Morgan fingerprint density at radius 2 is 1.84 bits per heavy atom. The minimum absolute atomic E-state index is 0.0193. The summed E-state index contributed by atoms with van der Waals surface area (Å²) in [6.45, 7) is 2.41. The van der Waals surface area contributed by atoms with E-state index >= 15 is 0 Å². The summed E-state index contributed by atoms with van der Waals surface area (Å²) < 4.78 is 12.8. The zero-order chi connectivity index (χ0) is 22.1. The number of carboxylic acids is 1. The average Bonchev–Trinajstić information content (AvgIpc) is 3.46. The number of hydrogen-bond donors (Lipinski definition) is 1. The monoisotopic (exact) mass is 436 g/mol. The first kappa shape index (κ1) is 20.8. The van der Waals surface area contributed by atoms with Crippen LogP contribution < -0.4 is 0 Å². The predicted octanol–water partition coefficient (Wildman–Crippen LogP) is 4.51. The molecule has 32 heavy (non-hydrogen) atoms. The molecule has 1 saturated heterocycles. The van der Waals surface area contributed by atoms with E-state index in [1.807, 2.05) is 21.6 Å². The molecule has 5 rings (SSSR count). The van der Waals surface area contributed by atoms with Crippen molar-refractivity contribution < 1.29 is 23.8 Å². The molecule has 7 heteroatoms. The van der Waals surface area contributed by atoms with E-state index in [0.29, 0.717) is 32.2 Å². The molecular formula is C25H28N2O5. The van der Waals surface area contributed by atoms with Crippen LogP contribution in [-0.4, -0.2) is 52.8 Å². The van der Waals surface area contributed by atoms with Gasteiger partial charge in [-0.1, -0.05) is 25.3 Å². The summed E-state index contributed by atoms with van der Waals surface area (Å²) in [6.07, 6.45) is 9.17. The number of carbonyl (C=O) groups is 2. The zero-order valence-corrected chi connectivity index (χ0v) is 18.1. The summed E-state index contributed by atoms with van der Waals surface area (Å²) in [5, 5.41) is 10.7. The molecule has 0 spiro atoms. The number of ether oxygens (including phenoxy) is 1. The van der Waals surface area contributed by atoms with Gasteiger partial charge < -0.3 is 23.7 Å². The minimum atomic E-state index is -0.969. The number of rotatable bonds is 5. The van der Waals surface area contributed by atoms with Gasteiger partial charge in [0.2, 0.25) is 5.91 Å². The fourth-order valence-electron chi connectivity index (χ4n) is 5.24. The van der Waals surface area contributed by atoms with Gasteiger partial charge in [-0.05, 0) is 42.5 Å². The van der Waals surface area contributed by atoms with Gasteiger partial charge in [0.1, 0.15) is 6.54 Å². The van der Waals surface area contributed by atoms with Gasteiger partial charge in [-0.25, -0.2) is 4.79 Å². The minimum Gasteiger partial charge on any atom is -0.478 e. The summed E-state index contributed by atoms with van der Waals surface area (Å²) >= 11 is 0. The van der Waals surface area contributed by atoms with Crippen LogP contribution in [0.5, 0.6) is 0 Å². The van der Waals surface area contributed by atoms with Gasteiger partial charge in [0.25, 0.3) is 0 Å². The first-order chi connectivity index (χ1) is 15.6. The molecule has 0 unspecified atom stereocenters. The summed E-state index contributed by atoms with van der Waals surface area (Å²) in [5.74, 6) is -0.569. The lowest BCUT2D eigenvalue weighted by atomic mass is 9.82. The van der Waals surface area contributed by atoms with Crippen molar-refractivity contribution in [3.8, 4) is 11.3 Å². The van der Waals surface area contributed by atoms with Crippen LogP contribution in [0.4, 0.5) is 0 Å². The molecule has 3 aromatic rings. The second-order valence-electron chi connectivity index (χ2n) is 8.73. The van der Waals surface area contributed by atoms with E-state index in [0.717, 1.165) is 35.0 Å². The maximum absolute atomic E-state index is 13.2. The van der Waals surface area contributed by atoms with Crippen LogP contribution in [0.2, 0.25) is 0 Å². The average molecular weight is 437 g/mol. The molecule has 168 valence electrons. The van der Waals surface area contributed by atoms with Gasteiger partial charge in [-0.3, -0.25) is 4.79 Å². The van der Waals surface area contributed by atoms with E-state index in [-0.39, 0.29) is 18.0 Å². The summed E-state index contributed by atoms with van der Waals surface area (Å²) in [7, 11) is 0. The van der Waals surface area contributed by atoms with Crippen molar-refractivity contribution in [3.63, 3.8) is 0 Å². The SMILES string of the molecule is O=C(O)c1ccc2c(C3CCCCC3)c(-c3ccoc3)n(CC(=O)N3CCOCC3)c2c1. The largest absolute Gasteiger partial charge is 0.478 e. The third-order valence-electron chi connectivity index (χ3n) is 6.82. The molecule has 2 aliphatic rings. The highest BCUT2D eigenvalue weighted by molar-refractivity contribution is 5.99. The van der Waals surface area contributed by atoms with Gasteiger partial charge in [0.05, 0.1) is 42.5 Å². The number of nitrogens with zero attached hydrogens (tertiary/aromatic N) is 2. The Morgan fingerprint density at radius 3 is 2.53 bits per heavy atom. The highest BCUT2D eigenvalue weighted by atomic mass is 16.5. The van der Waals surface area contributed by atoms with Crippen LogP contribution >= 0.6 is 0 Å². The van der Waals surface area contributed by atoms with Gasteiger partial charge in [0.15, 0.2) is 0 Å². The standard InChI is InChI=1S/C25H28N2O5/c28-22(26-9-12-31-13-10-26)15-27-21-14-18(25(29)30)6-7-20(21)23(17-4-2-1-3-5-17)24(27)19-8-11-32-16-19/h6-8,11,14,16-17H,1-5,9-10,12-13,15H2,(H,29,30). The smallest absolute Gasteiger partial charge is 0.335 e. The van der Waals surface area contributed by atoms with E-state index in [2.05, 4.69) is 0 Å². The molecular weight excluding hydrogens is 408 g/mol. The molecule has 1 aromatic carbocycles. The van der Waals surface area contributed by atoms with Crippen LogP contribution in [0, 0.1) is 0 Å². The molecule has 1 N–H and O–H groups in total. The van der Waals surface area contributed by atoms with Crippen molar-refractivity contribution in [1.82, 2.24) is 9.47 Å². The lowest BCUT2D eigenvalue weighted by molar-refractivity contribution is -0.135. The van der Waals surface area contributed by atoms with Crippen LogP contribution in [0.15, 0.2) is 41.2 Å². The maximum Gasteiger partial charge on any atom is 0.335 e. The lowest BCUT2D eigenvalue weighted by Crippen LogP contribution is -2.42. The third kappa shape index (κ3) is 3.81. The zero-order valence-electron chi connectivity index (χ0n) is 18.1. The van der Waals surface area contributed by atoms with Gasteiger partial charge in [-0.2, -0.15) is 0 Å². The quantitative estimate of drug-likeness (QED) is 0.636. The predicted molar refractivity (Wildman–Crippen MR) is 120 cm³/mol. The van der Waals surface area contributed by atoms with Crippen molar-refractivity contribution in [3.05, 3.63) is 47.9 Å². The van der Waals surface area contributed by atoms with Gasteiger partial charge in [0, 0.05) is 24.0 Å². The normalized spacial score (nSPS) is 17.7. The molecule has 3 heterocycles. The molecule has 1 saturated carbocycles. The van der Waals surface area contributed by atoms with Gasteiger partial charge in [-0.15, -0.1) is 0 Å². The molecule has 7 nitrogen and oxygen atoms in total. The van der Waals surface area contributed by atoms with E-state index in [1.165, 1.54) is 24.8 Å². The van der Waals surface area contributed by atoms with E-state index in [1.54, 1.807) is 24.7 Å². The molecule has 1 aliphatic carbocycles. The number of aromatic carboxylic acids is 1. The number of fused-ring (bicyclic) bond motifs is 1. The number of benzene rings is 1. The number of amides is 1. The fraction of sp³-hybridized carbons (Fsp3) is 0.440. The summed E-state index contributed by atoms with van der Waals surface area (Å²) in [4.78, 5) is 26.8. The topological polar surface area (TPSA) is 84.9 Å². The van der Waals surface area contributed by atoms with Crippen LogP contribution in [0.25, 0.3) is 22.2 Å². The Morgan fingerprint density at radius 1 is 1.06 bits per heavy atom. The van der Waals surface area contributed by atoms with Crippen LogP contribution in [-0.2, 0) is 16.1 Å². The highest BCUT2D eigenvalue weighted by Crippen LogP contribution is 2.44. The summed E-state index contributed by atoms with van der Waals surface area (Å²) in [6, 6.07) is 7.22. The summed E-state index contributed by atoms with van der Waals surface area (Å²) in [5.41, 5.74) is 4.14. The van der Waals surface area contributed by atoms with Crippen molar-refractivity contribution in [1.29, 1.82) is 0 Å². The molecule has 1 aliphatic heterocycles. The number of carbonyl (C=O) groups excluding carboxylic acids is 1. The van der Waals surface area contributed by atoms with E-state index < -0.39 is 5.97 Å². The lowest BCUT2D eigenvalue weighted by Gasteiger charge is -2.27. The van der Waals surface area contributed by atoms with Gasteiger partial charge >= 0.3 is 5.97 Å². The second kappa shape index (κ2) is 8.82. The van der Waals surface area contributed by atoms with Crippen molar-refractivity contribution in [2.75, 3.05) is 26.3 Å². The number of hydrogen-bond acceptors (Lipinski definition) is 4. The van der Waals surface area contributed by atoms with Crippen molar-refractivity contribution in [2.24, 2.45) is 0 Å². The Labute approximate surface area is 186 Å².